The summed E-state index contributed by atoms with van der Waals surface area (Å²) in [6, 6.07) is 3.85. The van der Waals surface area contributed by atoms with Crippen LogP contribution >= 0.6 is 12.2 Å². The van der Waals surface area contributed by atoms with Crippen LogP contribution in [0.15, 0.2) is 18.3 Å². The van der Waals surface area contributed by atoms with Crippen LogP contribution in [0.3, 0.4) is 0 Å². The Balaban J connectivity index is 2.74. The number of anilines is 1. The highest BCUT2D eigenvalue weighted by atomic mass is 32.1. The molecule has 1 rings (SSSR count). The lowest BCUT2D eigenvalue weighted by atomic mass is 10.2. The number of pyridine rings is 1. The van der Waals surface area contributed by atoms with Gasteiger partial charge in [-0.05, 0) is 18.6 Å². The van der Waals surface area contributed by atoms with Crippen molar-refractivity contribution in [2.45, 2.75) is 6.42 Å². The summed E-state index contributed by atoms with van der Waals surface area (Å²) in [5.41, 5.74) is 7.27. The summed E-state index contributed by atoms with van der Waals surface area (Å²) in [6.07, 6.45) is 2.65. The maximum absolute atomic E-state index is 5.62. The highest BCUT2D eigenvalue weighted by Crippen LogP contribution is 2.16. The van der Waals surface area contributed by atoms with E-state index in [1.54, 1.807) is 13.3 Å². The van der Waals surface area contributed by atoms with E-state index in [1.807, 2.05) is 19.2 Å². The number of aromatic nitrogens is 1. The van der Waals surface area contributed by atoms with E-state index in [0.29, 0.717) is 10.7 Å². The minimum Gasteiger partial charge on any atom is -0.388 e. The summed E-state index contributed by atoms with van der Waals surface area (Å²) in [7, 11) is 3.69. The first-order chi connectivity index (χ1) is 7.66. The number of hydrogen-bond donors (Lipinski definition) is 1. The monoisotopic (exact) mass is 239 g/mol. The van der Waals surface area contributed by atoms with Crippen molar-refractivity contribution < 1.29 is 4.74 Å². The maximum atomic E-state index is 5.62. The van der Waals surface area contributed by atoms with Crippen molar-refractivity contribution in [3.63, 3.8) is 0 Å². The van der Waals surface area contributed by atoms with Crippen LogP contribution in [0.5, 0.6) is 0 Å². The topological polar surface area (TPSA) is 51.4 Å². The summed E-state index contributed by atoms with van der Waals surface area (Å²) in [5, 5.41) is 0. The number of rotatable bonds is 6. The average molecular weight is 239 g/mol. The van der Waals surface area contributed by atoms with Gasteiger partial charge in [0.25, 0.3) is 0 Å². The summed E-state index contributed by atoms with van der Waals surface area (Å²) in [6.45, 7) is 1.63. The number of methoxy groups -OCH3 is 1. The lowest BCUT2D eigenvalue weighted by Gasteiger charge is -2.21. The van der Waals surface area contributed by atoms with Gasteiger partial charge in [-0.3, -0.25) is 4.98 Å². The van der Waals surface area contributed by atoms with Gasteiger partial charge in [-0.25, -0.2) is 0 Å². The third-order valence-corrected chi connectivity index (χ3v) is 2.47. The molecular weight excluding hydrogens is 222 g/mol. The van der Waals surface area contributed by atoms with Gasteiger partial charge in [-0.1, -0.05) is 12.2 Å². The van der Waals surface area contributed by atoms with Crippen molar-refractivity contribution >= 4 is 22.9 Å². The normalized spacial score (nSPS) is 10.1. The summed E-state index contributed by atoms with van der Waals surface area (Å²) in [4.78, 5) is 6.60. The zero-order valence-corrected chi connectivity index (χ0v) is 10.5. The lowest BCUT2D eigenvalue weighted by Crippen LogP contribution is -2.24. The molecule has 0 saturated heterocycles. The summed E-state index contributed by atoms with van der Waals surface area (Å²) in [5.74, 6) is 0. The van der Waals surface area contributed by atoms with Crippen LogP contribution in [0.25, 0.3) is 0 Å². The Labute approximate surface area is 101 Å². The third kappa shape index (κ3) is 3.43. The Bertz CT molecular complexity index is 357. The molecule has 1 aromatic heterocycles. The average Bonchev–Trinajstić information content (AvgIpc) is 2.29. The highest BCUT2D eigenvalue weighted by Gasteiger charge is 2.09. The van der Waals surface area contributed by atoms with Crippen LogP contribution in [0.4, 0.5) is 5.69 Å². The minimum absolute atomic E-state index is 0.328. The molecule has 0 bridgehead atoms. The van der Waals surface area contributed by atoms with Gasteiger partial charge in [-0.15, -0.1) is 0 Å². The van der Waals surface area contributed by atoms with E-state index in [1.165, 1.54) is 0 Å². The largest absolute Gasteiger partial charge is 0.388 e. The predicted octanol–water partition coefficient (Wildman–Crippen LogP) is 1.19. The first-order valence-electron chi connectivity index (χ1n) is 5.11. The molecule has 0 atom stereocenters. The lowest BCUT2D eigenvalue weighted by molar-refractivity contribution is 0.196. The van der Waals surface area contributed by atoms with E-state index in [0.717, 1.165) is 25.3 Å². The van der Waals surface area contributed by atoms with Crippen molar-refractivity contribution in [3.8, 4) is 0 Å². The first kappa shape index (κ1) is 12.9. The highest BCUT2D eigenvalue weighted by molar-refractivity contribution is 7.80. The number of ether oxygens (including phenoxy) is 1. The van der Waals surface area contributed by atoms with Crippen molar-refractivity contribution in [3.05, 3.63) is 24.0 Å². The second kappa shape index (κ2) is 6.40. The van der Waals surface area contributed by atoms with Gasteiger partial charge in [0, 0.05) is 33.5 Å². The minimum atomic E-state index is 0.328. The number of hydrogen-bond acceptors (Lipinski definition) is 4. The van der Waals surface area contributed by atoms with Crippen LogP contribution in [0, 0.1) is 0 Å². The van der Waals surface area contributed by atoms with Gasteiger partial charge in [0.05, 0.1) is 5.69 Å². The van der Waals surface area contributed by atoms with Gasteiger partial charge >= 0.3 is 0 Å². The molecule has 0 spiro atoms. The van der Waals surface area contributed by atoms with E-state index in [-0.39, 0.29) is 0 Å². The van der Waals surface area contributed by atoms with Crippen molar-refractivity contribution in [1.82, 2.24) is 4.98 Å². The Morgan fingerprint density at radius 3 is 3.00 bits per heavy atom. The van der Waals surface area contributed by atoms with E-state index in [4.69, 9.17) is 22.7 Å². The van der Waals surface area contributed by atoms with E-state index < -0.39 is 0 Å². The molecule has 16 heavy (non-hydrogen) atoms. The number of nitrogens with zero attached hydrogens (tertiary/aromatic N) is 2. The molecule has 0 aliphatic carbocycles. The third-order valence-electron chi connectivity index (χ3n) is 2.27. The number of nitrogens with two attached hydrogens (primary N) is 1. The van der Waals surface area contributed by atoms with Crippen LogP contribution in [-0.4, -0.2) is 37.3 Å². The molecule has 2 N–H and O–H groups in total. The van der Waals surface area contributed by atoms with E-state index >= 15 is 0 Å². The molecule has 4 nitrogen and oxygen atoms in total. The summed E-state index contributed by atoms with van der Waals surface area (Å²) >= 11 is 4.97. The van der Waals surface area contributed by atoms with Crippen molar-refractivity contribution in [2.75, 3.05) is 32.2 Å². The molecule has 0 unspecified atom stereocenters. The smallest absolute Gasteiger partial charge is 0.124 e. The second-order valence-corrected chi connectivity index (χ2v) is 3.94. The summed E-state index contributed by atoms with van der Waals surface area (Å²) < 4.78 is 5.01. The van der Waals surface area contributed by atoms with E-state index in [9.17, 15) is 0 Å². The van der Waals surface area contributed by atoms with Crippen molar-refractivity contribution in [1.29, 1.82) is 0 Å². The fourth-order valence-electron chi connectivity index (χ4n) is 1.46. The molecule has 1 heterocycles. The number of thiocarbonyl (C=S) groups is 1. The van der Waals surface area contributed by atoms with Gasteiger partial charge in [0.1, 0.15) is 10.7 Å². The Hall–Kier alpha value is -1.20. The van der Waals surface area contributed by atoms with Crippen molar-refractivity contribution in [2.24, 2.45) is 5.73 Å². The fourth-order valence-corrected chi connectivity index (χ4v) is 1.62. The molecule has 88 valence electrons. The standard InChI is InChI=1S/C11H17N3OS/c1-14(7-4-8-15-2)9-5-3-6-13-10(9)11(12)16/h3,5-6H,4,7-8H2,1-2H3,(H2,12,16). The van der Waals surface area contributed by atoms with Crippen LogP contribution in [0.2, 0.25) is 0 Å². The van der Waals surface area contributed by atoms with Gasteiger partial charge in [-0.2, -0.15) is 0 Å². The SMILES string of the molecule is COCCCN(C)c1cccnc1C(N)=S. The molecule has 1 aromatic rings. The predicted molar refractivity (Wildman–Crippen MR) is 69.9 cm³/mol. The first-order valence-corrected chi connectivity index (χ1v) is 5.52. The Morgan fingerprint density at radius 1 is 1.62 bits per heavy atom. The zero-order valence-electron chi connectivity index (χ0n) is 9.64. The Morgan fingerprint density at radius 2 is 2.38 bits per heavy atom. The van der Waals surface area contributed by atoms with Crippen LogP contribution in [-0.2, 0) is 4.74 Å². The maximum Gasteiger partial charge on any atom is 0.124 e. The molecule has 0 fully saturated rings. The second-order valence-electron chi connectivity index (χ2n) is 3.50. The van der Waals surface area contributed by atoms with Gasteiger partial charge in [0.15, 0.2) is 0 Å². The molecule has 0 saturated carbocycles. The molecule has 0 radical (unpaired) electrons. The fraction of sp³-hybridized carbons (Fsp3) is 0.455. The van der Waals surface area contributed by atoms with Crippen LogP contribution < -0.4 is 10.6 Å². The molecule has 0 amide bonds. The zero-order chi connectivity index (χ0) is 12.0. The quantitative estimate of drug-likeness (QED) is 0.597. The Kier molecular flexibility index (Phi) is 5.14. The molecule has 0 aliphatic heterocycles. The molecule has 0 aromatic carbocycles. The van der Waals surface area contributed by atoms with Gasteiger partial charge in [0.2, 0.25) is 0 Å². The molecular formula is C11H17N3OS. The van der Waals surface area contributed by atoms with Gasteiger partial charge < -0.3 is 15.4 Å². The van der Waals surface area contributed by atoms with E-state index in [2.05, 4.69) is 9.88 Å². The van der Waals surface area contributed by atoms with Crippen LogP contribution in [0.1, 0.15) is 12.1 Å². The molecule has 0 aliphatic rings. The molecule has 5 heteroatoms.